The Morgan fingerprint density at radius 3 is 2.50 bits per heavy atom. The number of aryl methyl sites for hydroxylation is 1. The highest BCUT2D eigenvalue weighted by molar-refractivity contribution is 6.35. The molecule has 0 bridgehead atoms. The molecule has 0 heterocycles. The summed E-state index contributed by atoms with van der Waals surface area (Å²) < 4.78 is 5.64. The minimum absolute atomic E-state index is 0.400. The molecule has 0 aliphatic carbocycles. The molecule has 20 heavy (non-hydrogen) atoms. The molecule has 0 spiro atoms. The molecule has 2 aromatic carbocycles. The molecule has 2 aromatic rings. The van der Waals surface area contributed by atoms with Crippen LogP contribution in [0, 0.1) is 6.92 Å². The lowest BCUT2D eigenvalue weighted by molar-refractivity contribution is 0.337. The molecular formula is C16H15Cl3O. The van der Waals surface area contributed by atoms with Gasteiger partial charge in [0.25, 0.3) is 0 Å². The van der Waals surface area contributed by atoms with Crippen molar-refractivity contribution in [1.82, 2.24) is 0 Å². The van der Waals surface area contributed by atoms with Gasteiger partial charge in [0.1, 0.15) is 5.75 Å². The molecular weight excluding hydrogens is 315 g/mol. The Morgan fingerprint density at radius 2 is 1.80 bits per heavy atom. The standard InChI is InChI=1S/C16H15Cl3O/c1-3-20-15-7-4-10(2)8-13(15)16(19)12-9-11(17)5-6-14(12)18/h4-9,16H,3H2,1-2H3. The average molecular weight is 330 g/mol. The summed E-state index contributed by atoms with van der Waals surface area (Å²) in [6.45, 7) is 4.55. The van der Waals surface area contributed by atoms with Crippen molar-refractivity contribution in [2.75, 3.05) is 6.61 Å². The van der Waals surface area contributed by atoms with Crippen LogP contribution in [-0.4, -0.2) is 6.61 Å². The van der Waals surface area contributed by atoms with Gasteiger partial charge in [-0.05, 0) is 43.7 Å². The molecule has 0 aliphatic rings. The zero-order valence-corrected chi connectivity index (χ0v) is 13.6. The molecule has 2 rings (SSSR count). The quantitative estimate of drug-likeness (QED) is 0.622. The van der Waals surface area contributed by atoms with Gasteiger partial charge in [-0.3, -0.25) is 0 Å². The minimum atomic E-state index is -0.400. The first kappa shape index (κ1) is 15.5. The van der Waals surface area contributed by atoms with Crippen LogP contribution >= 0.6 is 34.8 Å². The van der Waals surface area contributed by atoms with Crippen molar-refractivity contribution >= 4 is 34.8 Å². The van der Waals surface area contributed by atoms with E-state index in [2.05, 4.69) is 0 Å². The molecule has 0 aliphatic heterocycles. The molecule has 0 amide bonds. The van der Waals surface area contributed by atoms with Crippen molar-refractivity contribution in [2.24, 2.45) is 0 Å². The van der Waals surface area contributed by atoms with Crippen molar-refractivity contribution in [3.63, 3.8) is 0 Å². The normalized spacial score (nSPS) is 12.2. The Balaban J connectivity index is 2.49. The van der Waals surface area contributed by atoms with Crippen LogP contribution in [0.1, 0.15) is 29.0 Å². The predicted octanol–water partition coefficient (Wildman–Crippen LogP) is 6.03. The molecule has 1 atom stereocenters. The summed E-state index contributed by atoms with van der Waals surface area (Å²) in [6.07, 6.45) is 0. The lowest BCUT2D eigenvalue weighted by atomic mass is 10.0. The van der Waals surface area contributed by atoms with E-state index < -0.39 is 5.38 Å². The fraction of sp³-hybridized carbons (Fsp3) is 0.250. The van der Waals surface area contributed by atoms with Gasteiger partial charge in [-0.25, -0.2) is 0 Å². The van der Waals surface area contributed by atoms with Crippen molar-refractivity contribution in [3.8, 4) is 5.75 Å². The Morgan fingerprint density at radius 1 is 1.05 bits per heavy atom. The molecule has 0 saturated carbocycles. The second-order valence-electron chi connectivity index (χ2n) is 4.50. The molecule has 4 heteroatoms. The lowest BCUT2D eigenvalue weighted by Gasteiger charge is -2.17. The van der Waals surface area contributed by atoms with E-state index in [-0.39, 0.29) is 0 Å². The van der Waals surface area contributed by atoms with Crippen molar-refractivity contribution in [2.45, 2.75) is 19.2 Å². The van der Waals surface area contributed by atoms with Crippen molar-refractivity contribution in [3.05, 3.63) is 63.1 Å². The molecule has 0 radical (unpaired) electrons. The van der Waals surface area contributed by atoms with Crippen LogP contribution in [0.2, 0.25) is 10.0 Å². The summed E-state index contributed by atoms with van der Waals surface area (Å²) in [4.78, 5) is 0. The molecule has 0 fully saturated rings. The third-order valence-corrected chi connectivity index (χ3v) is 4.02. The summed E-state index contributed by atoms with van der Waals surface area (Å²) in [5.74, 6) is 0.772. The highest BCUT2D eigenvalue weighted by Crippen LogP contribution is 2.39. The lowest BCUT2D eigenvalue weighted by Crippen LogP contribution is -2.01. The van der Waals surface area contributed by atoms with Crippen LogP contribution in [0.5, 0.6) is 5.75 Å². The van der Waals surface area contributed by atoms with Gasteiger partial charge < -0.3 is 4.74 Å². The topological polar surface area (TPSA) is 9.23 Å². The number of benzene rings is 2. The summed E-state index contributed by atoms with van der Waals surface area (Å²) in [5, 5.41) is 0.807. The maximum atomic E-state index is 6.60. The van der Waals surface area contributed by atoms with Gasteiger partial charge >= 0.3 is 0 Å². The number of hydrogen-bond acceptors (Lipinski definition) is 1. The first-order valence-corrected chi connectivity index (χ1v) is 7.54. The first-order valence-electron chi connectivity index (χ1n) is 6.35. The predicted molar refractivity (Wildman–Crippen MR) is 86.5 cm³/mol. The molecule has 1 unspecified atom stereocenters. The summed E-state index contributed by atoms with van der Waals surface area (Å²) in [5.41, 5.74) is 2.80. The summed E-state index contributed by atoms with van der Waals surface area (Å²) in [6, 6.07) is 11.2. The second-order valence-corrected chi connectivity index (χ2v) is 5.78. The van der Waals surface area contributed by atoms with Crippen LogP contribution in [0.3, 0.4) is 0 Å². The van der Waals surface area contributed by atoms with Crippen molar-refractivity contribution < 1.29 is 4.74 Å². The highest BCUT2D eigenvalue weighted by Gasteiger charge is 2.19. The van der Waals surface area contributed by atoms with Crippen LogP contribution in [0.25, 0.3) is 0 Å². The fourth-order valence-electron chi connectivity index (χ4n) is 2.03. The van der Waals surface area contributed by atoms with E-state index in [4.69, 9.17) is 39.5 Å². The zero-order chi connectivity index (χ0) is 14.7. The van der Waals surface area contributed by atoms with Gasteiger partial charge in [-0.2, -0.15) is 0 Å². The smallest absolute Gasteiger partial charge is 0.124 e. The van der Waals surface area contributed by atoms with E-state index in [0.717, 1.165) is 22.4 Å². The largest absolute Gasteiger partial charge is 0.494 e. The maximum Gasteiger partial charge on any atom is 0.124 e. The number of ether oxygens (including phenoxy) is 1. The van der Waals surface area contributed by atoms with Crippen molar-refractivity contribution in [1.29, 1.82) is 0 Å². The number of alkyl halides is 1. The molecule has 0 saturated heterocycles. The van der Waals surface area contributed by atoms with Gasteiger partial charge in [0, 0.05) is 15.6 Å². The van der Waals surface area contributed by atoms with E-state index in [1.54, 1.807) is 18.2 Å². The van der Waals surface area contributed by atoms with Crippen LogP contribution in [-0.2, 0) is 0 Å². The first-order chi connectivity index (χ1) is 9.52. The number of hydrogen-bond donors (Lipinski definition) is 0. The Kier molecular flexibility index (Phi) is 5.20. The molecule has 0 N–H and O–H groups in total. The Bertz CT molecular complexity index is 611. The Hall–Kier alpha value is -0.890. The highest BCUT2D eigenvalue weighted by atomic mass is 35.5. The third-order valence-electron chi connectivity index (χ3n) is 2.97. The van der Waals surface area contributed by atoms with Gasteiger partial charge in [0.15, 0.2) is 0 Å². The maximum absolute atomic E-state index is 6.60. The van der Waals surface area contributed by atoms with Crippen LogP contribution in [0.15, 0.2) is 36.4 Å². The molecule has 1 nitrogen and oxygen atoms in total. The zero-order valence-electron chi connectivity index (χ0n) is 11.3. The third kappa shape index (κ3) is 3.41. The summed E-state index contributed by atoms with van der Waals surface area (Å²) >= 11 is 18.9. The van der Waals surface area contributed by atoms with E-state index in [9.17, 15) is 0 Å². The van der Waals surface area contributed by atoms with E-state index >= 15 is 0 Å². The Labute approximate surface area is 134 Å². The van der Waals surface area contributed by atoms with Gasteiger partial charge in [-0.15, -0.1) is 11.6 Å². The van der Waals surface area contributed by atoms with Gasteiger partial charge in [0.2, 0.25) is 0 Å². The minimum Gasteiger partial charge on any atom is -0.494 e. The van der Waals surface area contributed by atoms with E-state index in [1.807, 2.05) is 32.0 Å². The monoisotopic (exact) mass is 328 g/mol. The summed E-state index contributed by atoms with van der Waals surface area (Å²) in [7, 11) is 0. The second kappa shape index (κ2) is 6.71. The van der Waals surface area contributed by atoms with Gasteiger partial charge in [-0.1, -0.05) is 40.9 Å². The van der Waals surface area contributed by atoms with E-state index in [0.29, 0.717) is 16.7 Å². The van der Waals surface area contributed by atoms with Crippen LogP contribution in [0.4, 0.5) is 0 Å². The number of halogens is 3. The van der Waals surface area contributed by atoms with E-state index in [1.165, 1.54) is 0 Å². The average Bonchev–Trinajstić information content (AvgIpc) is 2.43. The van der Waals surface area contributed by atoms with Crippen LogP contribution < -0.4 is 4.74 Å². The SMILES string of the molecule is CCOc1ccc(C)cc1C(Cl)c1cc(Cl)ccc1Cl. The molecule has 106 valence electrons. The number of rotatable bonds is 4. The van der Waals surface area contributed by atoms with Gasteiger partial charge in [0.05, 0.1) is 12.0 Å². The fourth-order valence-corrected chi connectivity index (χ4v) is 2.84. The molecule has 0 aromatic heterocycles.